The molecule has 0 fully saturated rings. The molecule has 0 radical (unpaired) electrons. The third-order valence-electron chi connectivity index (χ3n) is 5.45. The van der Waals surface area contributed by atoms with Crippen molar-refractivity contribution < 1.29 is 4.79 Å². The molecule has 0 atom stereocenters. The average Bonchev–Trinajstić information content (AvgIpc) is 3.25. The van der Waals surface area contributed by atoms with Crippen LogP contribution < -0.4 is 5.73 Å². The fourth-order valence-electron chi connectivity index (χ4n) is 3.69. The van der Waals surface area contributed by atoms with Gasteiger partial charge in [0, 0.05) is 28.8 Å². The number of nitrogens with two attached hydrogens (primary N) is 1. The van der Waals surface area contributed by atoms with Crippen LogP contribution in [-0.2, 0) is 11.3 Å². The van der Waals surface area contributed by atoms with E-state index in [0.29, 0.717) is 17.5 Å². The summed E-state index contributed by atoms with van der Waals surface area (Å²) in [5.41, 5.74) is 10.6. The van der Waals surface area contributed by atoms with Crippen LogP contribution in [0.4, 0.5) is 0 Å². The Hall–Kier alpha value is -4.22. The zero-order valence-corrected chi connectivity index (χ0v) is 20.3. The normalized spacial score (nSPS) is 11.7. The van der Waals surface area contributed by atoms with Crippen LogP contribution >= 0.6 is 11.8 Å². The van der Waals surface area contributed by atoms with Crippen LogP contribution in [0.25, 0.3) is 33.5 Å². The van der Waals surface area contributed by atoms with Crippen molar-refractivity contribution in [2.45, 2.75) is 25.5 Å². The molecule has 0 spiro atoms. The molecule has 4 rings (SSSR count). The summed E-state index contributed by atoms with van der Waals surface area (Å²) in [6, 6.07) is 20.0. The molecule has 0 saturated heterocycles. The van der Waals surface area contributed by atoms with Crippen molar-refractivity contribution in [1.82, 2.24) is 19.7 Å². The second kappa shape index (κ2) is 10.4. The van der Waals surface area contributed by atoms with Gasteiger partial charge in [0.15, 0.2) is 16.8 Å². The minimum absolute atomic E-state index is 0.0262. The maximum atomic E-state index is 12.5. The number of hydrogen-bond donors (Lipinski definition) is 1. The number of hydrogen-bond acceptors (Lipinski definition) is 7. The van der Waals surface area contributed by atoms with E-state index in [4.69, 9.17) is 10.7 Å². The number of Topliss-reactive ketones (excluding diaryl/α,β-unsaturated/α-hetero) is 1. The number of pyridine rings is 1. The third-order valence-corrected chi connectivity index (χ3v) is 6.42. The summed E-state index contributed by atoms with van der Waals surface area (Å²) < 4.78 is 1.91. The van der Waals surface area contributed by atoms with Gasteiger partial charge in [-0.2, -0.15) is 5.26 Å². The first-order chi connectivity index (χ1) is 16.9. The van der Waals surface area contributed by atoms with E-state index in [0.717, 1.165) is 27.7 Å². The Balaban J connectivity index is 1.79. The predicted octanol–water partition coefficient (Wildman–Crippen LogP) is 5.07. The van der Waals surface area contributed by atoms with E-state index in [1.165, 1.54) is 17.3 Å². The van der Waals surface area contributed by atoms with Crippen LogP contribution in [0.5, 0.6) is 0 Å². The minimum Gasteiger partial charge on any atom is -0.401 e. The van der Waals surface area contributed by atoms with Gasteiger partial charge in [-0.3, -0.25) is 9.36 Å². The van der Waals surface area contributed by atoms with Crippen molar-refractivity contribution >= 4 is 28.4 Å². The van der Waals surface area contributed by atoms with Crippen LogP contribution in [0.2, 0.25) is 0 Å². The molecule has 4 aromatic rings. The predicted molar refractivity (Wildman–Crippen MR) is 139 cm³/mol. The number of ketones is 1. The standard InChI is InChI=1S/C27H24N6OS/c1-4-13-33-26(31-32-27(33)35-16-25(34)22(15-28)18(3)29)21-14-24(19-11-9-17(2)10-12-19)30-23-8-6-5-7-20(21)23/h4-12,14H,1,13,16,29H2,2-3H3/b22-18+. The number of thioether (sulfide) groups is 1. The molecule has 0 aliphatic heterocycles. The summed E-state index contributed by atoms with van der Waals surface area (Å²) in [6.45, 7) is 7.92. The lowest BCUT2D eigenvalue weighted by molar-refractivity contribution is -0.112. The molecular weight excluding hydrogens is 456 g/mol. The number of rotatable bonds is 8. The summed E-state index contributed by atoms with van der Waals surface area (Å²) in [4.78, 5) is 17.3. The molecule has 0 amide bonds. The number of fused-ring (bicyclic) bond motifs is 1. The number of allylic oxidation sites excluding steroid dienone is 3. The van der Waals surface area contributed by atoms with E-state index < -0.39 is 0 Å². The van der Waals surface area contributed by atoms with E-state index in [1.807, 2.05) is 41.0 Å². The van der Waals surface area contributed by atoms with Gasteiger partial charge in [-0.05, 0) is 26.0 Å². The minimum atomic E-state index is -0.344. The smallest absolute Gasteiger partial charge is 0.192 e. The third kappa shape index (κ3) is 5.00. The molecule has 2 heterocycles. The van der Waals surface area contributed by atoms with E-state index in [9.17, 15) is 10.1 Å². The van der Waals surface area contributed by atoms with E-state index in [-0.39, 0.29) is 22.8 Å². The Labute approximate surface area is 208 Å². The second-order valence-corrected chi connectivity index (χ2v) is 8.97. The fourth-order valence-corrected chi connectivity index (χ4v) is 4.51. The van der Waals surface area contributed by atoms with Gasteiger partial charge in [-0.1, -0.05) is 65.9 Å². The highest BCUT2D eigenvalue weighted by atomic mass is 32.2. The molecule has 2 aromatic heterocycles. The van der Waals surface area contributed by atoms with Gasteiger partial charge in [0.2, 0.25) is 0 Å². The summed E-state index contributed by atoms with van der Waals surface area (Å²) in [6.07, 6.45) is 1.76. The van der Waals surface area contributed by atoms with Crippen LogP contribution in [0, 0.1) is 18.3 Å². The topological polar surface area (TPSA) is 110 Å². The Morgan fingerprint density at radius 3 is 2.63 bits per heavy atom. The molecule has 8 heteroatoms. The van der Waals surface area contributed by atoms with Gasteiger partial charge in [0.25, 0.3) is 0 Å². The van der Waals surface area contributed by atoms with Crippen LogP contribution in [0.1, 0.15) is 12.5 Å². The lowest BCUT2D eigenvalue weighted by Gasteiger charge is -2.12. The highest BCUT2D eigenvalue weighted by molar-refractivity contribution is 7.99. The quantitative estimate of drug-likeness (QED) is 0.162. The average molecular weight is 481 g/mol. The van der Waals surface area contributed by atoms with Crippen molar-refractivity contribution in [3.8, 4) is 28.7 Å². The van der Waals surface area contributed by atoms with Crippen molar-refractivity contribution in [2.24, 2.45) is 5.73 Å². The zero-order valence-electron chi connectivity index (χ0n) is 19.5. The Morgan fingerprint density at radius 1 is 1.20 bits per heavy atom. The Kier molecular flexibility index (Phi) is 7.09. The Bertz CT molecular complexity index is 1490. The number of nitrogens with zero attached hydrogens (tertiary/aromatic N) is 5. The molecule has 35 heavy (non-hydrogen) atoms. The molecule has 0 aliphatic rings. The van der Waals surface area contributed by atoms with Crippen molar-refractivity contribution in [2.75, 3.05) is 5.75 Å². The molecule has 2 N–H and O–H groups in total. The van der Waals surface area contributed by atoms with Crippen LogP contribution in [0.15, 0.2) is 83.7 Å². The largest absolute Gasteiger partial charge is 0.401 e. The SMILES string of the molecule is C=CCn1c(SCC(=O)/C(C#N)=C(\C)N)nnc1-c1cc(-c2ccc(C)cc2)nc2ccccc12. The molecule has 7 nitrogen and oxygen atoms in total. The van der Waals surface area contributed by atoms with Crippen LogP contribution in [-0.4, -0.2) is 31.3 Å². The second-order valence-electron chi connectivity index (χ2n) is 8.03. The van der Waals surface area contributed by atoms with Crippen molar-refractivity contribution in [3.05, 3.63) is 84.1 Å². The molecular formula is C27H24N6OS. The zero-order chi connectivity index (χ0) is 24.9. The molecule has 2 aromatic carbocycles. The van der Waals surface area contributed by atoms with Gasteiger partial charge in [-0.25, -0.2) is 4.98 Å². The van der Waals surface area contributed by atoms with Gasteiger partial charge < -0.3 is 5.73 Å². The monoisotopic (exact) mass is 480 g/mol. The Morgan fingerprint density at radius 2 is 1.94 bits per heavy atom. The summed E-state index contributed by atoms with van der Waals surface area (Å²) in [7, 11) is 0. The molecule has 0 unspecified atom stereocenters. The lowest BCUT2D eigenvalue weighted by Crippen LogP contribution is -2.11. The van der Waals surface area contributed by atoms with Gasteiger partial charge in [0.1, 0.15) is 11.6 Å². The molecule has 174 valence electrons. The lowest BCUT2D eigenvalue weighted by atomic mass is 10.0. The van der Waals surface area contributed by atoms with Crippen molar-refractivity contribution in [3.63, 3.8) is 0 Å². The van der Waals surface area contributed by atoms with Crippen LogP contribution in [0.3, 0.4) is 0 Å². The highest BCUT2D eigenvalue weighted by Crippen LogP contribution is 2.33. The first kappa shape index (κ1) is 23.9. The molecule has 0 bridgehead atoms. The number of benzene rings is 2. The number of para-hydroxylation sites is 1. The van der Waals surface area contributed by atoms with E-state index >= 15 is 0 Å². The number of nitriles is 1. The van der Waals surface area contributed by atoms with Gasteiger partial charge in [0.05, 0.1) is 17.0 Å². The van der Waals surface area contributed by atoms with E-state index in [2.05, 4.69) is 48.0 Å². The maximum Gasteiger partial charge on any atom is 0.192 e. The number of aryl methyl sites for hydroxylation is 1. The van der Waals surface area contributed by atoms with Gasteiger partial charge in [-0.15, -0.1) is 16.8 Å². The van der Waals surface area contributed by atoms with Crippen molar-refractivity contribution in [1.29, 1.82) is 5.26 Å². The number of carbonyl (C=O) groups excluding carboxylic acids is 1. The number of carbonyl (C=O) groups is 1. The molecule has 0 saturated carbocycles. The highest BCUT2D eigenvalue weighted by Gasteiger charge is 2.20. The summed E-state index contributed by atoms with van der Waals surface area (Å²) in [5, 5.41) is 19.6. The molecule has 0 aliphatic carbocycles. The van der Waals surface area contributed by atoms with Gasteiger partial charge >= 0.3 is 0 Å². The first-order valence-corrected chi connectivity index (χ1v) is 11.9. The first-order valence-electron chi connectivity index (χ1n) is 11.0. The summed E-state index contributed by atoms with van der Waals surface area (Å²) in [5.74, 6) is 0.333. The maximum absolute atomic E-state index is 12.5. The summed E-state index contributed by atoms with van der Waals surface area (Å²) >= 11 is 1.21. The fraction of sp³-hybridized carbons (Fsp3) is 0.148. The van der Waals surface area contributed by atoms with E-state index in [1.54, 1.807) is 13.0 Å². The number of aromatic nitrogens is 4.